The number of aromatic hydroxyl groups is 2. The highest BCUT2D eigenvalue weighted by atomic mass is 16.3. The summed E-state index contributed by atoms with van der Waals surface area (Å²) in [5.41, 5.74) is 11.2. The SMILES string of the molecule is Nc1ccc(-c2ccc(N(c3cccc(O)c3)c3cccc(O)c3)cc2)cc1. The van der Waals surface area contributed by atoms with Crippen molar-refractivity contribution in [2.75, 3.05) is 10.6 Å². The zero-order valence-corrected chi connectivity index (χ0v) is 15.2. The lowest BCUT2D eigenvalue weighted by atomic mass is 10.0. The molecule has 4 N–H and O–H groups in total. The van der Waals surface area contributed by atoms with Crippen LogP contribution in [0.4, 0.5) is 22.7 Å². The van der Waals surface area contributed by atoms with E-state index in [1.165, 1.54) is 0 Å². The maximum atomic E-state index is 9.94. The summed E-state index contributed by atoms with van der Waals surface area (Å²) in [6, 6.07) is 29.9. The van der Waals surface area contributed by atoms with E-state index in [4.69, 9.17) is 5.73 Å². The molecule has 0 bridgehead atoms. The van der Waals surface area contributed by atoms with Gasteiger partial charge in [0, 0.05) is 34.9 Å². The Kier molecular flexibility index (Phi) is 4.60. The zero-order valence-electron chi connectivity index (χ0n) is 15.2. The van der Waals surface area contributed by atoms with E-state index < -0.39 is 0 Å². The molecule has 28 heavy (non-hydrogen) atoms. The van der Waals surface area contributed by atoms with Gasteiger partial charge in [0.05, 0.1) is 0 Å². The summed E-state index contributed by atoms with van der Waals surface area (Å²) in [6.45, 7) is 0. The third kappa shape index (κ3) is 3.62. The minimum atomic E-state index is 0.182. The average Bonchev–Trinajstić information content (AvgIpc) is 2.70. The Morgan fingerprint density at radius 2 is 1.00 bits per heavy atom. The van der Waals surface area contributed by atoms with Gasteiger partial charge >= 0.3 is 0 Å². The van der Waals surface area contributed by atoms with Crippen LogP contribution in [0, 0.1) is 0 Å². The van der Waals surface area contributed by atoms with E-state index in [1.807, 2.05) is 65.6 Å². The molecule has 4 rings (SSSR count). The van der Waals surface area contributed by atoms with Crippen molar-refractivity contribution < 1.29 is 10.2 Å². The Labute approximate surface area is 163 Å². The fourth-order valence-corrected chi connectivity index (χ4v) is 3.19. The number of benzene rings is 4. The fourth-order valence-electron chi connectivity index (χ4n) is 3.19. The summed E-state index contributed by atoms with van der Waals surface area (Å²) in [5.74, 6) is 0.363. The predicted octanol–water partition coefficient (Wildman–Crippen LogP) is 5.82. The number of rotatable bonds is 4. The van der Waals surface area contributed by atoms with Crippen LogP contribution in [-0.2, 0) is 0 Å². The molecule has 4 nitrogen and oxygen atoms in total. The van der Waals surface area contributed by atoms with Crippen molar-refractivity contribution in [3.05, 3.63) is 97.1 Å². The number of nitrogens with two attached hydrogens (primary N) is 1. The molecule has 0 atom stereocenters. The number of nitrogens with zero attached hydrogens (tertiary/aromatic N) is 1. The van der Waals surface area contributed by atoms with Crippen molar-refractivity contribution in [2.24, 2.45) is 0 Å². The maximum absolute atomic E-state index is 9.94. The summed E-state index contributed by atoms with van der Waals surface area (Å²) in [6.07, 6.45) is 0. The summed E-state index contributed by atoms with van der Waals surface area (Å²) in [7, 11) is 0. The minimum absolute atomic E-state index is 0.182. The first-order chi connectivity index (χ1) is 13.6. The molecule has 0 saturated carbocycles. The molecule has 0 radical (unpaired) electrons. The van der Waals surface area contributed by atoms with Crippen LogP contribution in [0.1, 0.15) is 0 Å². The molecule has 4 heteroatoms. The van der Waals surface area contributed by atoms with Gasteiger partial charge in [-0.1, -0.05) is 36.4 Å². The summed E-state index contributed by atoms with van der Waals surface area (Å²) in [4.78, 5) is 1.98. The number of hydrogen-bond donors (Lipinski definition) is 3. The van der Waals surface area contributed by atoms with E-state index in [9.17, 15) is 10.2 Å². The molecule has 138 valence electrons. The molecule has 4 aromatic rings. The van der Waals surface area contributed by atoms with Gasteiger partial charge < -0.3 is 20.8 Å². The van der Waals surface area contributed by atoms with Crippen molar-refractivity contribution in [3.8, 4) is 22.6 Å². The van der Waals surface area contributed by atoms with Crippen LogP contribution >= 0.6 is 0 Å². The smallest absolute Gasteiger partial charge is 0.117 e. The molecule has 0 heterocycles. The Bertz CT molecular complexity index is 1040. The van der Waals surface area contributed by atoms with Crippen molar-refractivity contribution in [1.29, 1.82) is 0 Å². The summed E-state index contributed by atoms with van der Waals surface area (Å²) < 4.78 is 0. The number of phenols is 2. The topological polar surface area (TPSA) is 69.7 Å². The van der Waals surface area contributed by atoms with E-state index >= 15 is 0 Å². The molecule has 0 aliphatic rings. The van der Waals surface area contributed by atoms with Gasteiger partial charge in [0.2, 0.25) is 0 Å². The molecule has 4 aromatic carbocycles. The fraction of sp³-hybridized carbons (Fsp3) is 0. The normalized spacial score (nSPS) is 10.6. The van der Waals surface area contributed by atoms with Crippen molar-refractivity contribution in [2.45, 2.75) is 0 Å². The van der Waals surface area contributed by atoms with Crippen molar-refractivity contribution in [3.63, 3.8) is 0 Å². The van der Waals surface area contributed by atoms with Gasteiger partial charge in [-0.3, -0.25) is 0 Å². The lowest BCUT2D eigenvalue weighted by Crippen LogP contribution is -2.09. The van der Waals surface area contributed by atoms with Crippen LogP contribution in [0.3, 0.4) is 0 Å². The Morgan fingerprint density at radius 1 is 0.536 bits per heavy atom. The van der Waals surface area contributed by atoms with E-state index in [0.717, 1.165) is 33.9 Å². The van der Waals surface area contributed by atoms with E-state index in [2.05, 4.69) is 0 Å². The lowest BCUT2D eigenvalue weighted by Gasteiger charge is -2.25. The molecule has 0 aromatic heterocycles. The highest BCUT2D eigenvalue weighted by molar-refractivity contribution is 5.79. The van der Waals surface area contributed by atoms with Gasteiger partial charge in [-0.25, -0.2) is 0 Å². The van der Waals surface area contributed by atoms with Crippen LogP contribution in [0.25, 0.3) is 11.1 Å². The largest absolute Gasteiger partial charge is 0.508 e. The van der Waals surface area contributed by atoms with E-state index in [1.54, 1.807) is 36.4 Å². The third-order valence-corrected chi connectivity index (χ3v) is 4.55. The maximum Gasteiger partial charge on any atom is 0.117 e. The zero-order chi connectivity index (χ0) is 19.5. The second-order valence-corrected chi connectivity index (χ2v) is 6.54. The van der Waals surface area contributed by atoms with Crippen molar-refractivity contribution in [1.82, 2.24) is 0 Å². The van der Waals surface area contributed by atoms with Gasteiger partial charge in [0.15, 0.2) is 0 Å². The van der Waals surface area contributed by atoms with E-state index in [-0.39, 0.29) is 11.5 Å². The lowest BCUT2D eigenvalue weighted by molar-refractivity contribution is 0.475. The van der Waals surface area contributed by atoms with Gasteiger partial charge in [-0.05, 0) is 59.7 Å². The molecule has 0 fully saturated rings. The van der Waals surface area contributed by atoms with Crippen LogP contribution < -0.4 is 10.6 Å². The summed E-state index contributed by atoms with van der Waals surface area (Å²) >= 11 is 0. The number of nitrogen functional groups attached to an aromatic ring is 1. The molecule has 0 amide bonds. The molecule has 0 unspecified atom stereocenters. The number of anilines is 4. The average molecular weight is 368 g/mol. The highest BCUT2D eigenvalue weighted by Crippen LogP contribution is 2.37. The highest BCUT2D eigenvalue weighted by Gasteiger charge is 2.13. The van der Waals surface area contributed by atoms with Crippen LogP contribution in [0.2, 0.25) is 0 Å². The molecule has 0 aliphatic heterocycles. The first-order valence-corrected chi connectivity index (χ1v) is 8.94. The van der Waals surface area contributed by atoms with Crippen LogP contribution in [0.15, 0.2) is 97.1 Å². The van der Waals surface area contributed by atoms with Crippen molar-refractivity contribution >= 4 is 22.7 Å². The Balaban J connectivity index is 1.77. The molecule has 0 aliphatic carbocycles. The second kappa shape index (κ2) is 7.37. The standard InChI is InChI=1S/C24H20N2O2/c25-19-11-7-17(8-12-19)18-9-13-20(14-10-18)26(21-3-1-5-23(27)15-21)22-4-2-6-24(28)16-22/h1-16,27-28H,25H2. The van der Waals surface area contributed by atoms with Gasteiger partial charge in [-0.2, -0.15) is 0 Å². The third-order valence-electron chi connectivity index (χ3n) is 4.55. The molecule has 0 spiro atoms. The predicted molar refractivity (Wildman–Crippen MR) is 114 cm³/mol. The number of phenolic OH excluding ortho intramolecular Hbond substituents is 2. The van der Waals surface area contributed by atoms with Crippen LogP contribution in [-0.4, -0.2) is 10.2 Å². The first-order valence-electron chi connectivity index (χ1n) is 8.94. The molecular weight excluding hydrogens is 348 g/mol. The quantitative estimate of drug-likeness (QED) is 0.397. The first kappa shape index (κ1) is 17.5. The van der Waals surface area contributed by atoms with Gasteiger partial charge in [0.1, 0.15) is 11.5 Å². The Hall–Kier alpha value is -3.92. The molecular formula is C24H20N2O2. The Morgan fingerprint density at radius 3 is 1.46 bits per heavy atom. The van der Waals surface area contributed by atoms with Crippen LogP contribution in [0.5, 0.6) is 11.5 Å². The second-order valence-electron chi connectivity index (χ2n) is 6.54. The van der Waals surface area contributed by atoms with Gasteiger partial charge in [0.25, 0.3) is 0 Å². The minimum Gasteiger partial charge on any atom is -0.508 e. The molecule has 0 saturated heterocycles. The van der Waals surface area contributed by atoms with E-state index in [0.29, 0.717) is 0 Å². The monoisotopic (exact) mass is 368 g/mol. The summed E-state index contributed by atoms with van der Waals surface area (Å²) in [5, 5.41) is 19.9. The van der Waals surface area contributed by atoms with Gasteiger partial charge in [-0.15, -0.1) is 0 Å². The number of hydrogen-bond acceptors (Lipinski definition) is 4.